The normalized spacial score (nSPS) is 10.6. The number of hydrogen-bond donors (Lipinski definition) is 0. The second kappa shape index (κ2) is 6.95. The van der Waals surface area contributed by atoms with Gasteiger partial charge in [0.1, 0.15) is 12.7 Å². The molecule has 4 aromatic rings. The van der Waals surface area contributed by atoms with Crippen molar-refractivity contribution >= 4 is 15.9 Å². The molecule has 4 rings (SSSR count). The molecule has 3 aromatic carbocycles. The van der Waals surface area contributed by atoms with E-state index in [2.05, 4.69) is 85.5 Å². The Hall–Kier alpha value is -2.85. The molecule has 0 amide bonds. The summed E-state index contributed by atoms with van der Waals surface area (Å²) in [5, 5.41) is 0. The standard InChI is InChI=1S/C21H14BrN3/c22-18-9-6-16(7-10-18)20-12-17(15-4-2-1-3-5-15)8-11-19(20)21-24-13-23-14-25-21/h1-14H. The van der Waals surface area contributed by atoms with Crippen LogP contribution in [0, 0.1) is 0 Å². The predicted octanol–water partition coefficient (Wildman–Crippen LogP) is 5.64. The molecule has 3 nitrogen and oxygen atoms in total. The van der Waals surface area contributed by atoms with Crippen molar-refractivity contribution in [3.63, 3.8) is 0 Å². The zero-order valence-corrected chi connectivity index (χ0v) is 14.9. The Kier molecular flexibility index (Phi) is 4.36. The lowest BCUT2D eigenvalue weighted by Crippen LogP contribution is -1.93. The third kappa shape index (κ3) is 3.35. The lowest BCUT2D eigenvalue weighted by atomic mass is 9.94. The average Bonchev–Trinajstić information content (AvgIpc) is 2.69. The molecular formula is C21H14BrN3. The van der Waals surface area contributed by atoms with Gasteiger partial charge in [0.2, 0.25) is 0 Å². The van der Waals surface area contributed by atoms with Crippen molar-refractivity contribution in [3.8, 4) is 33.6 Å². The van der Waals surface area contributed by atoms with Crippen molar-refractivity contribution in [2.24, 2.45) is 0 Å². The van der Waals surface area contributed by atoms with Crippen molar-refractivity contribution in [1.82, 2.24) is 15.0 Å². The fourth-order valence-corrected chi connectivity index (χ4v) is 3.06. The van der Waals surface area contributed by atoms with E-state index in [1.807, 2.05) is 18.2 Å². The summed E-state index contributed by atoms with van der Waals surface area (Å²) in [6, 6.07) is 25.0. The highest BCUT2D eigenvalue weighted by atomic mass is 79.9. The molecule has 0 N–H and O–H groups in total. The van der Waals surface area contributed by atoms with Crippen LogP contribution in [-0.2, 0) is 0 Å². The first kappa shape index (κ1) is 15.7. The molecule has 0 aliphatic carbocycles. The molecule has 0 aliphatic heterocycles. The summed E-state index contributed by atoms with van der Waals surface area (Å²) in [5.41, 5.74) is 5.56. The Morgan fingerprint density at radius 1 is 0.600 bits per heavy atom. The van der Waals surface area contributed by atoms with Gasteiger partial charge in [0.05, 0.1) is 0 Å². The molecule has 0 spiro atoms. The van der Waals surface area contributed by atoms with Crippen LogP contribution >= 0.6 is 15.9 Å². The van der Waals surface area contributed by atoms with Gasteiger partial charge in [-0.25, -0.2) is 15.0 Å². The molecule has 0 saturated carbocycles. The minimum absolute atomic E-state index is 0.674. The van der Waals surface area contributed by atoms with Gasteiger partial charge in [-0.1, -0.05) is 64.5 Å². The van der Waals surface area contributed by atoms with Gasteiger partial charge in [0, 0.05) is 10.0 Å². The molecule has 1 heterocycles. The summed E-state index contributed by atoms with van der Waals surface area (Å²) in [6.45, 7) is 0. The van der Waals surface area contributed by atoms with Crippen molar-refractivity contribution in [2.45, 2.75) is 0 Å². The van der Waals surface area contributed by atoms with Crippen LogP contribution in [0.1, 0.15) is 0 Å². The minimum atomic E-state index is 0.674. The summed E-state index contributed by atoms with van der Waals surface area (Å²) < 4.78 is 1.05. The summed E-state index contributed by atoms with van der Waals surface area (Å²) in [6.07, 6.45) is 3.05. The maximum absolute atomic E-state index is 4.32. The van der Waals surface area contributed by atoms with E-state index in [1.54, 1.807) is 0 Å². The second-order valence-electron chi connectivity index (χ2n) is 5.60. The molecule has 120 valence electrons. The summed E-state index contributed by atoms with van der Waals surface area (Å²) in [7, 11) is 0. The van der Waals surface area contributed by atoms with E-state index >= 15 is 0 Å². The first-order valence-electron chi connectivity index (χ1n) is 7.89. The Labute approximate surface area is 154 Å². The van der Waals surface area contributed by atoms with Gasteiger partial charge in [-0.3, -0.25) is 0 Å². The average molecular weight is 388 g/mol. The highest BCUT2D eigenvalue weighted by Gasteiger charge is 2.11. The molecule has 1 aromatic heterocycles. The Bertz CT molecular complexity index is 985. The van der Waals surface area contributed by atoms with Crippen molar-refractivity contribution < 1.29 is 0 Å². The van der Waals surface area contributed by atoms with Gasteiger partial charge in [-0.05, 0) is 46.5 Å². The number of rotatable bonds is 3. The smallest absolute Gasteiger partial charge is 0.163 e. The highest BCUT2D eigenvalue weighted by molar-refractivity contribution is 9.10. The van der Waals surface area contributed by atoms with E-state index in [1.165, 1.54) is 18.2 Å². The van der Waals surface area contributed by atoms with E-state index in [9.17, 15) is 0 Å². The SMILES string of the molecule is Brc1ccc(-c2cc(-c3ccccc3)ccc2-c2ncncn2)cc1. The van der Waals surface area contributed by atoms with Gasteiger partial charge in [-0.2, -0.15) is 0 Å². The third-order valence-electron chi connectivity index (χ3n) is 4.02. The zero-order valence-electron chi connectivity index (χ0n) is 13.3. The van der Waals surface area contributed by atoms with Crippen LogP contribution in [0.25, 0.3) is 33.6 Å². The monoisotopic (exact) mass is 387 g/mol. The number of halogens is 1. The lowest BCUT2D eigenvalue weighted by molar-refractivity contribution is 1.06. The molecule has 0 fully saturated rings. The Morgan fingerprint density at radius 2 is 1.28 bits per heavy atom. The fourth-order valence-electron chi connectivity index (χ4n) is 2.80. The summed E-state index contributed by atoms with van der Waals surface area (Å²) in [4.78, 5) is 12.6. The molecule has 4 heteroatoms. The van der Waals surface area contributed by atoms with Gasteiger partial charge in [-0.15, -0.1) is 0 Å². The van der Waals surface area contributed by atoms with E-state index < -0.39 is 0 Å². The molecule has 0 atom stereocenters. The van der Waals surface area contributed by atoms with Crippen molar-refractivity contribution in [2.75, 3.05) is 0 Å². The predicted molar refractivity (Wildman–Crippen MR) is 104 cm³/mol. The molecular weight excluding hydrogens is 374 g/mol. The van der Waals surface area contributed by atoms with Gasteiger partial charge in [0.25, 0.3) is 0 Å². The highest BCUT2D eigenvalue weighted by Crippen LogP contribution is 2.34. The maximum atomic E-state index is 4.32. The molecule has 25 heavy (non-hydrogen) atoms. The molecule has 0 unspecified atom stereocenters. The Morgan fingerprint density at radius 3 is 2.00 bits per heavy atom. The van der Waals surface area contributed by atoms with Crippen molar-refractivity contribution in [1.29, 1.82) is 0 Å². The van der Waals surface area contributed by atoms with E-state index in [0.29, 0.717) is 5.82 Å². The summed E-state index contributed by atoms with van der Waals surface area (Å²) >= 11 is 3.50. The molecule has 0 bridgehead atoms. The van der Waals surface area contributed by atoms with Crippen LogP contribution in [0.2, 0.25) is 0 Å². The first-order valence-corrected chi connectivity index (χ1v) is 8.68. The van der Waals surface area contributed by atoms with Crippen LogP contribution in [-0.4, -0.2) is 15.0 Å². The largest absolute Gasteiger partial charge is 0.225 e. The van der Waals surface area contributed by atoms with Gasteiger partial charge < -0.3 is 0 Å². The summed E-state index contributed by atoms with van der Waals surface area (Å²) in [5.74, 6) is 0.674. The van der Waals surface area contributed by atoms with Gasteiger partial charge >= 0.3 is 0 Å². The molecule has 0 saturated heterocycles. The van der Waals surface area contributed by atoms with E-state index in [0.717, 1.165) is 26.7 Å². The van der Waals surface area contributed by atoms with Crippen LogP contribution in [0.4, 0.5) is 0 Å². The maximum Gasteiger partial charge on any atom is 0.163 e. The quantitative estimate of drug-likeness (QED) is 0.456. The number of hydrogen-bond acceptors (Lipinski definition) is 3. The molecule has 0 aliphatic rings. The number of benzene rings is 3. The second-order valence-corrected chi connectivity index (χ2v) is 6.51. The fraction of sp³-hybridized carbons (Fsp3) is 0. The van der Waals surface area contributed by atoms with Crippen LogP contribution in [0.3, 0.4) is 0 Å². The van der Waals surface area contributed by atoms with E-state index in [4.69, 9.17) is 0 Å². The van der Waals surface area contributed by atoms with E-state index in [-0.39, 0.29) is 0 Å². The van der Waals surface area contributed by atoms with Crippen LogP contribution in [0.15, 0.2) is 89.9 Å². The topological polar surface area (TPSA) is 38.7 Å². The van der Waals surface area contributed by atoms with Crippen molar-refractivity contribution in [3.05, 3.63) is 89.9 Å². The first-order chi connectivity index (χ1) is 12.3. The van der Waals surface area contributed by atoms with Gasteiger partial charge in [0.15, 0.2) is 5.82 Å². The Balaban J connectivity index is 1.91. The third-order valence-corrected chi connectivity index (χ3v) is 4.54. The molecule has 0 radical (unpaired) electrons. The number of aromatic nitrogens is 3. The zero-order chi connectivity index (χ0) is 17.1. The van der Waals surface area contributed by atoms with Crippen LogP contribution < -0.4 is 0 Å². The lowest BCUT2D eigenvalue weighted by Gasteiger charge is -2.12. The number of nitrogens with zero attached hydrogens (tertiary/aromatic N) is 3. The van der Waals surface area contributed by atoms with Crippen LogP contribution in [0.5, 0.6) is 0 Å². The minimum Gasteiger partial charge on any atom is -0.225 e.